The SMILES string of the molecule is CC(C)C(=O)NC1CCC(Oc2ncc(Cl)cn2)CC1. The second-order valence-corrected chi connectivity index (χ2v) is 5.88. The van der Waals surface area contributed by atoms with Crippen LogP contribution in [0.1, 0.15) is 39.5 Å². The van der Waals surface area contributed by atoms with Gasteiger partial charge < -0.3 is 10.1 Å². The number of carbonyl (C=O) groups excluding carboxylic acids is 1. The second kappa shape index (κ2) is 6.88. The lowest BCUT2D eigenvalue weighted by Crippen LogP contribution is -2.41. The number of halogens is 1. The zero-order valence-corrected chi connectivity index (χ0v) is 12.6. The molecule has 0 aromatic carbocycles. The summed E-state index contributed by atoms with van der Waals surface area (Å²) in [7, 11) is 0. The predicted octanol–water partition coefficient (Wildman–Crippen LogP) is 2.59. The van der Waals surface area contributed by atoms with Crippen LogP contribution in [0.2, 0.25) is 5.02 Å². The van der Waals surface area contributed by atoms with Crippen molar-refractivity contribution < 1.29 is 9.53 Å². The van der Waals surface area contributed by atoms with E-state index in [1.54, 1.807) is 0 Å². The molecule has 0 aliphatic heterocycles. The van der Waals surface area contributed by atoms with E-state index >= 15 is 0 Å². The maximum atomic E-state index is 11.6. The van der Waals surface area contributed by atoms with Crippen LogP contribution in [0, 0.1) is 5.92 Å². The molecule has 0 spiro atoms. The summed E-state index contributed by atoms with van der Waals surface area (Å²) in [6, 6.07) is 0.625. The summed E-state index contributed by atoms with van der Waals surface area (Å²) < 4.78 is 5.72. The third kappa shape index (κ3) is 4.34. The summed E-state index contributed by atoms with van der Waals surface area (Å²) >= 11 is 5.73. The minimum Gasteiger partial charge on any atom is -0.460 e. The Bertz CT molecular complexity index is 442. The highest BCUT2D eigenvalue weighted by molar-refractivity contribution is 6.30. The molecule has 1 N–H and O–H groups in total. The van der Waals surface area contributed by atoms with Crippen LogP contribution in [0.25, 0.3) is 0 Å². The molecule has 20 heavy (non-hydrogen) atoms. The molecule has 1 fully saturated rings. The van der Waals surface area contributed by atoms with Gasteiger partial charge in [0.05, 0.1) is 17.4 Å². The molecular formula is C14H20ClN3O2. The highest BCUT2D eigenvalue weighted by atomic mass is 35.5. The summed E-state index contributed by atoms with van der Waals surface area (Å²) in [5.41, 5.74) is 0. The fraction of sp³-hybridized carbons (Fsp3) is 0.643. The van der Waals surface area contributed by atoms with Crippen LogP contribution in [0.15, 0.2) is 12.4 Å². The van der Waals surface area contributed by atoms with E-state index in [0.717, 1.165) is 25.7 Å². The van der Waals surface area contributed by atoms with Crippen molar-refractivity contribution in [3.63, 3.8) is 0 Å². The van der Waals surface area contributed by atoms with E-state index < -0.39 is 0 Å². The van der Waals surface area contributed by atoms with Gasteiger partial charge in [0.25, 0.3) is 0 Å². The zero-order chi connectivity index (χ0) is 14.5. The van der Waals surface area contributed by atoms with E-state index in [-0.39, 0.29) is 24.0 Å². The molecule has 1 aromatic heterocycles. The van der Waals surface area contributed by atoms with E-state index in [1.165, 1.54) is 12.4 Å². The zero-order valence-electron chi connectivity index (χ0n) is 11.8. The monoisotopic (exact) mass is 297 g/mol. The molecule has 0 bridgehead atoms. The Morgan fingerprint density at radius 1 is 1.30 bits per heavy atom. The first kappa shape index (κ1) is 15.0. The van der Waals surface area contributed by atoms with Crippen molar-refractivity contribution >= 4 is 17.5 Å². The molecule has 5 nitrogen and oxygen atoms in total. The second-order valence-electron chi connectivity index (χ2n) is 5.44. The summed E-state index contributed by atoms with van der Waals surface area (Å²) in [4.78, 5) is 19.7. The number of hydrogen-bond donors (Lipinski definition) is 1. The maximum Gasteiger partial charge on any atom is 0.316 e. The minimum atomic E-state index is 0.0337. The summed E-state index contributed by atoms with van der Waals surface area (Å²) in [5.74, 6) is 0.154. The first-order valence-electron chi connectivity index (χ1n) is 6.99. The van der Waals surface area contributed by atoms with Gasteiger partial charge in [0, 0.05) is 12.0 Å². The lowest BCUT2D eigenvalue weighted by molar-refractivity contribution is -0.125. The standard InChI is InChI=1S/C14H20ClN3O2/c1-9(2)13(19)18-11-3-5-12(6-4-11)20-14-16-7-10(15)8-17-14/h7-9,11-12H,3-6H2,1-2H3,(H,18,19). The van der Waals surface area contributed by atoms with E-state index in [9.17, 15) is 4.79 Å². The topological polar surface area (TPSA) is 64.1 Å². The Labute approximate surface area is 124 Å². The Hall–Kier alpha value is -1.36. The molecule has 1 heterocycles. The number of amides is 1. The van der Waals surface area contributed by atoms with Gasteiger partial charge in [0.2, 0.25) is 5.91 Å². The molecule has 1 aliphatic rings. The van der Waals surface area contributed by atoms with Gasteiger partial charge in [-0.1, -0.05) is 25.4 Å². The average Bonchev–Trinajstić information content (AvgIpc) is 2.43. The number of nitrogens with one attached hydrogen (secondary N) is 1. The maximum absolute atomic E-state index is 11.6. The number of aromatic nitrogens is 2. The van der Waals surface area contributed by atoms with Gasteiger partial charge in [-0.3, -0.25) is 4.79 Å². The van der Waals surface area contributed by atoms with E-state index in [4.69, 9.17) is 16.3 Å². The fourth-order valence-corrected chi connectivity index (χ4v) is 2.30. The first-order chi connectivity index (χ1) is 9.54. The lowest BCUT2D eigenvalue weighted by Gasteiger charge is -2.29. The molecule has 0 unspecified atom stereocenters. The van der Waals surface area contributed by atoms with Gasteiger partial charge in [-0.05, 0) is 25.7 Å². The summed E-state index contributed by atoms with van der Waals surface area (Å²) in [5, 5.41) is 3.56. The quantitative estimate of drug-likeness (QED) is 0.928. The Morgan fingerprint density at radius 3 is 2.45 bits per heavy atom. The number of rotatable bonds is 4. The van der Waals surface area contributed by atoms with Crippen LogP contribution in [-0.4, -0.2) is 28.0 Å². The molecule has 1 saturated carbocycles. The molecule has 1 aromatic rings. The largest absolute Gasteiger partial charge is 0.460 e. The predicted molar refractivity (Wildman–Crippen MR) is 76.7 cm³/mol. The molecule has 110 valence electrons. The smallest absolute Gasteiger partial charge is 0.316 e. The van der Waals surface area contributed by atoms with Crippen molar-refractivity contribution in [3.8, 4) is 6.01 Å². The molecular weight excluding hydrogens is 278 g/mol. The highest BCUT2D eigenvalue weighted by Gasteiger charge is 2.24. The lowest BCUT2D eigenvalue weighted by atomic mass is 9.92. The van der Waals surface area contributed by atoms with Gasteiger partial charge in [-0.15, -0.1) is 0 Å². The van der Waals surface area contributed by atoms with Gasteiger partial charge in [0.15, 0.2) is 0 Å². The molecule has 0 atom stereocenters. The third-order valence-electron chi connectivity index (χ3n) is 3.41. The van der Waals surface area contributed by atoms with Crippen molar-refractivity contribution in [2.45, 2.75) is 51.7 Å². The van der Waals surface area contributed by atoms with Gasteiger partial charge >= 0.3 is 6.01 Å². The van der Waals surface area contributed by atoms with Crippen LogP contribution in [-0.2, 0) is 4.79 Å². The van der Waals surface area contributed by atoms with Gasteiger partial charge in [-0.2, -0.15) is 0 Å². The van der Waals surface area contributed by atoms with Crippen molar-refractivity contribution in [3.05, 3.63) is 17.4 Å². The molecule has 1 amide bonds. The van der Waals surface area contributed by atoms with E-state index in [2.05, 4.69) is 15.3 Å². The summed E-state index contributed by atoms with van der Waals surface area (Å²) in [6.45, 7) is 3.81. The summed E-state index contributed by atoms with van der Waals surface area (Å²) in [6.07, 6.45) is 6.82. The molecule has 0 radical (unpaired) electrons. The van der Waals surface area contributed by atoms with Crippen molar-refractivity contribution in [2.24, 2.45) is 5.92 Å². The van der Waals surface area contributed by atoms with Gasteiger partial charge in [0.1, 0.15) is 6.10 Å². The van der Waals surface area contributed by atoms with Crippen molar-refractivity contribution in [1.29, 1.82) is 0 Å². The number of carbonyl (C=O) groups is 1. The molecule has 2 rings (SSSR count). The van der Waals surface area contributed by atoms with Crippen LogP contribution >= 0.6 is 11.6 Å². The van der Waals surface area contributed by atoms with Crippen molar-refractivity contribution in [1.82, 2.24) is 15.3 Å². The Morgan fingerprint density at radius 2 is 1.90 bits per heavy atom. The Kier molecular flexibility index (Phi) is 5.17. The van der Waals surface area contributed by atoms with Crippen LogP contribution in [0.3, 0.4) is 0 Å². The van der Waals surface area contributed by atoms with E-state index in [1.807, 2.05) is 13.8 Å². The number of nitrogens with zero attached hydrogens (tertiary/aromatic N) is 2. The average molecular weight is 298 g/mol. The molecule has 0 saturated heterocycles. The number of hydrogen-bond acceptors (Lipinski definition) is 4. The number of ether oxygens (including phenoxy) is 1. The highest BCUT2D eigenvalue weighted by Crippen LogP contribution is 2.22. The van der Waals surface area contributed by atoms with Gasteiger partial charge in [-0.25, -0.2) is 9.97 Å². The normalized spacial score (nSPS) is 22.6. The van der Waals surface area contributed by atoms with E-state index in [0.29, 0.717) is 11.0 Å². The van der Waals surface area contributed by atoms with Crippen LogP contribution in [0.4, 0.5) is 0 Å². The molecule has 6 heteroatoms. The van der Waals surface area contributed by atoms with Crippen LogP contribution < -0.4 is 10.1 Å². The molecule has 1 aliphatic carbocycles. The van der Waals surface area contributed by atoms with Crippen LogP contribution in [0.5, 0.6) is 6.01 Å². The third-order valence-corrected chi connectivity index (χ3v) is 3.61. The van der Waals surface area contributed by atoms with Crippen molar-refractivity contribution in [2.75, 3.05) is 0 Å². The first-order valence-corrected chi connectivity index (χ1v) is 7.37. The fourth-order valence-electron chi connectivity index (χ4n) is 2.20. The Balaban J connectivity index is 1.77. The minimum absolute atomic E-state index is 0.0337.